The van der Waals surface area contributed by atoms with Crippen molar-refractivity contribution >= 4 is 21.4 Å². The predicted octanol–water partition coefficient (Wildman–Crippen LogP) is 3.30. The maximum atomic E-state index is 11.8. The first kappa shape index (κ1) is 16.3. The molecule has 1 heterocycles. The molecule has 3 aromatic rings. The Hall–Kier alpha value is -2.53. The Balaban J connectivity index is 2.12. The molecule has 120 valence electrons. The molecule has 0 bridgehead atoms. The first-order valence-corrected chi connectivity index (χ1v) is 9.41. The first-order chi connectivity index (χ1) is 11.4. The number of rotatable bonds is 3. The van der Waals surface area contributed by atoms with Crippen molar-refractivity contribution in [2.45, 2.75) is 11.8 Å². The van der Waals surface area contributed by atoms with Gasteiger partial charge in [0.05, 0.1) is 22.2 Å². The van der Waals surface area contributed by atoms with Gasteiger partial charge in [0.25, 0.3) is 0 Å². The van der Waals surface area contributed by atoms with E-state index in [1.54, 1.807) is 30.3 Å². The van der Waals surface area contributed by atoms with E-state index in [0.717, 1.165) is 11.1 Å². The quantitative estimate of drug-likeness (QED) is 0.779. The van der Waals surface area contributed by atoms with Crippen LogP contribution in [-0.4, -0.2) is 13.4 Å². The van der Waals surface area contributed by atoms with Crippen LogP contribution in [0.25, 0.3) is 21.8 Å². The van der Waals surface area contributed by atoms with Crippen molar-refractivity contribution in [1.82, 2.24) is 4.98 Å². The lowest BCUT2D eigenvalue weighted by Gasteiger charge is -2.06. The fourth-order valence-corrected chi connectivity index (χ4v) is 3.98. The molecule has 0 fully saturated rings. The third kappa shape index (κ3) is 3.21. The maximum absolute atomic E-state index is 11.8. The van der Waals surface area contributed by atoms with Crippen molar-refractivity contribution < 1.29 is 8.42 Å². The maximum Gasteiger partial charge on any atom is 0.238 e. The molecule has 0 aliphatic heterocycles. The molecule has 24 heavy (non-hydrogen) atoms. The lowest BCUT2D eigenvalue weighted by Crippen LogP contribution is -2.13. The summed E-state index contributed by atoms with van der Waals surface area (Å²) < 4.78 is 23.6. The Morgan fingerprint density at radius 2 is 2.00 bits per heavy atom. The molecule has 7 heteroatoms. The number of thiazole rings is 1. The number of nitrogens with two attached hydrogens (primary N) is 1. The van der Waals surface area contributed by atoms with Crippen molar-refractivity contribution in [2.75, 3.05) is 0 Å². The van der Waals surface area contributed by atoms with E-state index >= 15 is 0 Å². The van der Waals surface area contributed by atoms with Gasteiger partial charge in [-0.25, -0.2) is 18.5 Å². The van der Waals surface area contributed by atoms with Gasteiger partial charge < -0.3 is 0 Å². The number of hydrogen-bond donors (Lipinski definition) is 1. The molecule has 0 aliphatic carbocycles. The van der Waals surface area contributed by atoms with Crippen LogP contribution in [0.1, 0.15) is 11.1 Å². The molecular weight excluding hydrogens is 342 g/mol. The van der Waals surface area contributed by atoms with Crippen molar-refractivity contribution in [3.05, 3.63) is 59.0 Å². The molecule has 0 unspecified atom stereocenters. The average molecular weight is 355 g/mol. The molecular formula is C17H13N3O2S2. The Bertz CT molecular complexity index is 1060. The van der Waals surface area contributed by atoms with Gasteiger partial charge in [-0.15, -0.1) is 11.3 Å². The molecule has 1 aromatic heterocycles. The van der Waals surface area contributed by atoms with Crippen molar-refractivity contribution in [3.63, 3.8) is 0 Å². The van der Waals surface area contributed by atoms with Gasteiger partial charge in [0.15, 0.2) is 0 Å². The van der Waals surface area contributed by atoms with E-state index < -0.39 is 10.0 Å². The van der Waals surface area contributed by atoms with Gasteiger partial charge in [0.1, 0.15) is 5.01 Å². The molecule has 3 rings (SSSR count). The second kappa shape index (κ2) is 6.17. The molecule has 0 atom stereocenters. The zero-order chi connectivity index (χ0) is 17.3. The summed E-state index contributed by atoms with van der Waals surface area (Å²) in [6.45, 7) is 1.88. The van der Waals surface area contributed by atoms with Gasteiger partial charge in [0, 0.05) is 16.5 Å². The van der Waals surface area contributed by atoms with Crippen LogP contribution in [-0.2, 0) is 10.0 Å². The number of nitriles is 1. The largest absolute Gasteiger partial charge is 0.238 e. The highest BCUT2D eigenvalue weighted by Gasteiger charge is 2.18. The number of aryl methyl sites for hydroxylation is 1. The van der Waals surface area contributed by atoms with Crippen LogP contribution in [0.3, 0.4) is 0 Å². The first-order valence-electron chi connectivity index (χ1n) is 6.98. The van der Waals surface area contributed by atoms with Gasteiger partial charge in [-0.2, -0.15) is 5.26 Å². The van der Waals surface area contributed by atoms with Crippen molar-refractivity contribution in [2.24, 2.45) is 5.14 Å². The van der Waals surface area contributed by atoms with E-state index in [4.69, 9.17) is 10.4 Å². The van der Waals surface area contributed by atoms with Crippen LogP contribution in [0.2, 0.25) is 0 Å². The molecule has 0 amide bonds. The predicted molar refractivity (Wildman–Crippen MR) is 93.8 cm³/mol. The van der Waals surface area contributed by atoms with Crippen LogP contribution in [0, 0.1) is 18.3 Å². The molecule has 5 nitrogen and oxygen atoms in total. The monoisotopic (exact) mass is 355 g/mol. The Labute approximate surface area is 144 Å². The van der Waals surface area contributed by atoms with Crippen LogP contribution >= 0.6 is 11.3 Å². The van der Waals surface area contributed by atoms with E-state index in [9.17, 15) is 8.42 Å². The number of nitrogens with zero attached hydrogens (tertiary/aromatic N) is 2. The Morgan fingerprint density at radius 3 is 2.71 bits per heavy atom. The second-order valence-corrected chi connectivity index (χ2v) is 7.66. The lowest BCUT2D eigenvalue weighted by molar-refractivity contribution is 0.598. The molecule has 0 spiro atoms. The molecule has 0 saturated heterocycles. The van der Waals surface area contributed by atoms with Gasteiger partial charge in [-0.05, 0) is 31.2 Å². The molecule has 0 saturated carbocycles. The van der Waals surface area contributed by atoms with Crippen molar-refractivity contribution in [1.29, 1.82) is 5.26 Å². The summed E-state index contributed by atoms with van der Waals surface area (Å²) in [6, 6.07) is 14.2. The third-order valence-electron chi connectivity index (χ3n) is 3.46. The number of hydrogen-bond acceptors (Lipinski definition) is 5. The summed E-state index contributed by atoms with van der Waals surface area (Å²) in [6.07, 6.45) is 0. The van der Waals surface area contributed by atoms with Gasteiger partial charge in [-0.1, -0.05) is 23.8 Å². The van der Waals surface area contributed by atoms with Crippen LogP contribution < -0.4 is 5.14 Å². The smallest absolute Gasteiger partial charge is 0.236 e. The fraction of sp³-hybridized carbons (Fsp3) is 0.0588. The topological polar surface area (TPSA) is 96.8 Å². The summed E-state index contributed by atoms with van der Waals surface area (Å²) in [7, 11) is -3.84. The molecule has 0 aliphatic rings. The average Bonchev–Trinajstić information content (AvgIpc) is 3.03. The molecule has 2 aromatic carbocycles. The normalized spacial score (nSPS) is 11.2. The highest BCUT2D eigenvalue weighted by Crippen LogP contribution is 2.33. The minimum absolute atomic E-state index is 0.0553. The second-order valence-electron chi connectivity index (χ2n) is 5.28. The number of benzene rings is 2. The van der Waals surface area contributed by atoms with Crippen LogP contribution in [0.15, 0.2) is 52.7 Å². The van der Waals surface area contributed by atoms with E-state index in [2.05, 4.69) is 11.1 Å². The summed E-state index contributed by atoms with van der Waals surface area (Å²) in [5.41, 5.74) is 3.45. The van der Waals surface area contributed by atoms with E-state index in [0.29, 0.717) is 21.8 Å². The Kier molecular flexibility index (Phi) is 4.20. The minimum Gasteiger partial charge on any atom is -0.236 e. The summed E-state index contributed by atoms with van der Waals surface area (Å²) in [5, 5.41) is 16.7. The summed E-state index contributed by atoms with van der Waals surface area (Å²) >= 11 is 1.34. The Morgan fingerprint density at radius 1 is 1.21 bits per heavy atom. The fourth-order valence-electron chi connectivity index (χ4n) is 2.34. The van der Waals surface area contributed by atoms with Gasteiger partial charge >= 0.3 is 0 Å². The van der Waals surface area contributed by atoms with Crippen LogP contribution in [0.5, 0.6) is 0 Å². The lowest BCUT2D eigenvalue weighted by atomic mass is 10.1. The minimum atomic E-state index is -3.84. The van der Waals surface area contributed by atoms with Crippen LogP contribution in [0.4, 0.5) is 0 Å². The summed E-state index contributed by atoms with van der Waals surface area (Å²) in [4.78, 5) is 4.59. The number of aromatic nitrogens is 1. The van der Waals surface area contributed by atoms with E-state index in [1.807, 2.05) is 18.4 Å². The number of primary sulfonamides is 1. The van der Waals surface area contributed by atoms with Gasteiger partial charge in [-0.3, -0.25) is 0 Å². The van der Waals surface area contributed by atoms with E-state index in [-0.39, 0.29) is 4.90 Å². The van der Waals surface area contributed by atoms with Gasteiger partial charge in [0.2, 0.25) is 10.0 Å². The zero-order valence-electron chi connectivity index (χ0n) is 12.7. The van der Waals surface area contributed by atoms with E-state index in [1.165, 1.54) is 17.4 Å². The highest BCUT2D eigenvalue weighted by molar-refractivity contribution is 7.89. The summed E-state index contributed by atoms with van der Waals surface area (Å²) in [5.74, 6) is 0. The molecule has 0 radical (unpaired) electrons. The highest BCUT2D eigenvalue weighted by atomic mass is 32.2. The zero-order valence-corrected chi connectivity index (χ0v) is 14.4. The van der Waals surface area contributed by atoms with Crippen molar-refractivity contribution in [3.8, 4) is 27.9 Å². The molecule has 2 N–H and O–H groups in total. The SMILES string of the molecule is Cc1ccc(S(N)(=O)=O)c(-c2nc(-c3cccc(C#N)c3)cs2)c1. The standard InChI is InChI=1S/C17H13N3O2S2/c1-11-5-6-16(24(19,21)22)14(7-11)17-20-15(10-23-17)13-4-2-3-12(8-13)9-18/h2-8,10H,1H3,(H2,19,21,22). The number of sulfonamides is 1. The third-order valence-corrected chi connectivity index (χ3v) is 5.31.